The second-order valence-corrected chi connectivity index (χ2v) is 23.5. The molecule has 0 saturated carbocycles. The van der Waals surface area contributed by atoms with Gasteiger partial charge in [0.1, 0.15) is 5.24 Å². The summed E-state index contributed by atoms with van der Waals surface area (Å²) in [5.74, 6) is 0. The summed E-state index contributed by atoms with van der Waals surface area (Å²) < 4.78 is 0. The van der Waals surface area contributed by atoms with Crippen LogP contribution in [0.4, 0.5) is 4.79 Å². The number of amides is 1. The Bertz CT molecular complexity index is 733. The maximum absolute atomic E-state index is 9.31. The summed E-state index contributed by atoms with van der Waals surface area (Å²) in [5.41, 5.74) is 8.20. The van der Waals surface area contributed by atoms with Crippen molar-refractivity contribution in [3.05, 3.63) is 34.0 Å². The Balaban J connectivity index is -0.0000000394. The van der Waals surface area contributed by atoms with E-state index in [1.807, 2.05) is 28.2 Å². The fraction of sp³-hybridized carbons (Fsp3) is 0.956. The van der Waals surface area contributed by atoms with Crippen LogP contribution in [0.1, 0.15) is 188 Å². The summed E-state index contributed by atoms with van der Waals surface area (Å²) in [4.78, 5) is 18.3. The van der Waals surface area contributed by atoms with Crippen molar-refractivity contribution >= 4 is 35.6 Å². The summed E-state index contributed by atoms with van der Waals surface area (Å²) in [6.45, 7) is 55.5. The minimum atomic E-state index is -0.889. The van der Waals surface area contributed by atoms with Crippen molar-refractivity contribution in [2.45, 2.75) is 212 Å². The zero-order valence-corrected chi connectivity index (χ0v) is 55.7. The second-order valence-electron chi connectivity index (χ2n) is 22.5. The first-order chi connectivity index (χ1) is 22.2. The van der Waals surface area contributed by atoms with Crippen LogP contribution in [-0.4, -0.2) is 62.7 Å². The van der Waals surface area contributed by atoms with Gasteiger partial charge in [0, 0.05) is 13.0 Å². The fourth-order valence-corrected chi connectivity index (χ4v) is 8.39. The third kappa shape index (κ3) is 62.5. The molecule has 14 heteroatoms. The van der Waals surface area contributed by atoms with Crippen molar-refractivity contribution < 1.29 is 164 Å². The van der Waals surface area contributed by atoms with Gasteiger partial charge in [-0.15, -0.1) is 43.4 Å². The van der Waals surface area contributed by atoms with Gasteiger partial charge in [0.05, 0.1) is 0 Å². The van der Waals surface area contributed by atoms with Crippen LogP contribution in [0, 0.1) is 43.3 Å². The zero-order chi connectivity index (χ0) is 44.3. The number of thiol groups is 2. The molecule has 0 aromatic rings. The van der Waals surface area contributed by atoms with E-state index in [4.69, 9.17) is 10.5 Å². The molecule has 0 rings (SSSR count). The van der Waals surface area contributed by atoms with Crippen molar-refractivity contribution in [3.63, 3.8) is 0 Å². The van der Waals surface area contributed by atoms with E-state index in [-0.39, 0.29) is 219 Å². The quantitative estimate of drug-likeness (QED) is 0.190. The van der Waals surface area contributed by atoms with Gasteiger partial charge in [0.2, 0.25) is 0 Å². The average molecular weight is 960 g/mol. The van der Waals surface area contributed by atoms with E-state index in [1.54, 1.807) is 0 Å². The fourth-order valence-electron chi connectivity index (χ4n) is 8.39. The molecule has 0 fully saturated rings. The largest absolute Gasteiger partial charge is 1.00 e. The van der Waals surface area contributed by atoms with Gasteiger partial charge in [0.25, 0.3) is 0 Å². The van der Waals surface area contributed by atoms with Crippen LogP contribution in [-0.2, 0) is 4.79 Å². The van der Waals surface area contributed by atoms with Crippen LogP contribution in [0.5, 0.6) is 0 Å². The van der Waals surface area contributed by atoms with Gasteiger partial charge in [-0.05, 0) is 17.9 Å². The first-order valence-corrected chi connectivity index (χ1v) is 19.7. The molecule has 0 spiro atoms. The molecule has 352 valence electrons. The van der Waals surface area contributed by atoms with Crippen molar-refractivity contribution in [2.24, 2.45) is 43.3 Å². The van der Waals surface area contributed by atoms with E-state index in [0.717, 1.165) is 0 Å². The Hall–Kier alpha value is 4.51. The van der Waals surface area contributed by atoms with Crippen LogP contribution < -0.4 is 159 Å². The molecule has 0 aliphatic rings. The standard InChI is InChI=1S/C10H23N.3C10H22N.C2H4OS.CH3NOS.2CH4.3K.2H2N/c4*1-9(2,3)8(11-7)10(4,5)6;1-2(3)4;2-1(3)4;;;;;;;/h8,11H,1-7H3;3*8H,1-7H3;1H3,(H,3,4);(H3,2,3,4);2*1H4;;;;2*1H2/q;3*-1;;;;;3*+1;2*-1/p-1. The monoisotopic (exact) mass is 959 g/mol. The van der Waals surface area contributed by atoms with E-state index < -0.39 is 5.24 Å². The summed E-state index contributed by atoms with van der Waals surface area (Å²) in [6, 6.07) is 1.88. The van der Waals surface area contributed by atoms with Gasteiger partial charge in [-0.1, -0.05) is 214 Å². The van der Waals surface area contributed by atoms with Gasteiger partial charge < -0.3 is 44.1 Å². The van der Waals surface area contributed by atoms with Gasteiger partial charge in [-0.3, -0.25) is 4.79 Å². The number of nitrogens with zero attached hydrogens (tertiary/aromatic N) is 3. The molecule has 0 aliphatic heterocycles. The number of hydrogen-bond acceptors (Lipinski definition) is 3. The molecule has 0 aliphatic carbocycles. The van der Waals surface area contributed by atoms with Gasteiger partial charge in [-0.2, -0.15) is 21.1 Å². The third-order valence-corrected chi connectivity index (χ3v) is 7.72. The Morgan fingerprint density at radius 1 is 0.441 bits per heavy atom. The maximum atomic E-state index is 9.31. The number of nitrogens with one attached hydrogen (secondary N) is 2. The smallest absolute Gasteiger partial charge is 0.693 e. The van der Waals surface area contributed by atoms with Crippen LogP contribution in [0.25, 0.3) is 34.0 Å². The van der Waals surface area contributed by atoms with Gasteiger partial charge >= 0.3 is 154 Å². The number of hydrogen-bond donors (Lipinski definition) is 3. The third-order valence-electron chi connectivity index (χ3n) is 7.72. The van der Waals surface area contributed by atoms with Crippen molar-refractivity contribution in [1.29, 1.82) is 0 Å². The summed E-state index contributed by atoms with van der Waals surface area (Å²) in [7, 11) is 7.80. The minimum absolute atomic E-state index is 0. The van der Waals surface area contributed by atoms with E-state index in [9.17, 15) is 4.79 Å². The number of carbonyl (C=O) groups is 2. The molecule has 0 saturated heterocycles. The Morgan fingerprint density at radius 3 is 0.542 bits per heavy atom. The molecule has 0 unspecified atom stereocenters. The van der Waals surface area contributed by atoms with Crippen LogP contribution in [0.2, 0.25) is 0 Å². The molecule has 0 aromatic carbocycles. The predicted molar refractivity (Wildman–Crippen MR) is 270 cm³/mol. The van der Waals surface area contributed by atoms with Crippen molar-refractivity contribution in [3.8, 4) is 0 Å². The number of carbonyl (C=O) groups excluding carboxylic acids is 2. The number of rotatable bonds is 4. The van der Waals surface area contributed by atoms with Crippen LogP contribution in [0.3, 0.4) is 0 Å². The van der Waals surface area contributed by atoms with E-state index in [1.165, 1.54) is 6.92 Å². The maximum Gasteiger partial charge on any atom is 1.00 e. The van der Waals surface area contributed by atoms with Crippen molar-refractivity contribution in [1.82, 2.24) is 5.32 Å². The molecular weight excluding hydrogens is 852 g/mol. The molecule has 9 nitrogen and oxygen atoms in total. The summed E-state index contributed by atoms with van der Waals surface area (Å²) in [6.07, 6.45) is 0. The molecule has 0 heterocycles. The molecule has 0 aromatic heterocycles. The summed E-state index contributed by atoms with van der Waals surface area (Å²) >= 11 is 6.32. The second kappa shape index (κ2) is 42.6. The molecule has 59 heavy (non-hydrogen) atoms. The zero-order valence-electron chi connectivity index (χ0n) is 44.5. The summed E-state index contributed by atoms with van der Waals surface area (Å²) in [5, 5.41) is 15.6. The SMILES string of the molecule is C.C.CC(=O)S.CNC(C(C)(C)C)C(C)(C)C.C[N-]C(C(C)(C)C)C(C)(C)C.C[N-]C(C(C)(C)C)C(C)(C)C.C[N-]C(C(C)(C)C)C(C)(C)C.[K+].[K+].[K+].[NH-]C(=O)S.[NH2-].[NH2-]. The first-order valence-electron chi connectivity index (χ1n) is 18.8. The number of nitrogens with two attached hydrogens (primary N) is 2. The van der Waals surface area contributed by atoms with Gasteiger partial charge in [0.15, 0.2) is 5.12 Å². The molecule has 6 N–H and O–H groups in total. The molecule has 1 amide bonds. The molecule has 0 atom stereocenters. The first kappa shape index (κ1) is 97.3. The van der Waals surface area contributed by atoms with Crippen LogP contribution >= 0.6 is 25.3 Å². The topological polar surface area (TPSA) is 179 Å². The van der Waals surface area contributed by atoms with Crippen molar-refractivity contribution in [2.75, 3.05) is 28.2 Å². The normalized spacial score (nSPS) is 11.4. The molecule has 0 bridgehead atoms. The average Bonchev–Trinajstić information content (AvgIpc) is 2.73. The molecule has 0 radical (unpaired) electrons. The Kier molecular flexibility index (Phi) is 70.2. The van der Waals surface area contributed by atoms with E-state index in [0.29, 0.717) is 35.0 Å². The minimum Gasteiger partial charge on any atom is -0.693 e. The Morgan fingerprint density at radius 2 is 0.542 bits per heavy atom. The molecular formula is C45H107K3N7O2S2-3. The van der Waals surface area contributed by atoms with Gasteiger partial charge in [-0.25, -0.2) is 0 Å². The van der Waals surface area contributed by atoms with E-state index >= 15 is 0 Å². The van der Waals surface area contributed by atoms with E-state index in [2.05, 4.69) is 213 Å². The predicted octanol–water partition coefficient (Wildman–Crippen LogP) is 8.29. The van der Waals surface area contributed by atoms with Crippen LogP contribution in [0.15, 0.2) is 0 Å². The Labute approximate surface area is 513 Å².